The Labute approximate surface area is 231 Å². The predicted molar refractivity (Wildman–Crippen MR) is 150 cm³/mol. The Hall–Kier alpha value is -4.23. The molecular weight excluding hydrogens is 488 g/mol. The average molecular weight is 525 g/mol. The number of aromatic nitrogens is 2. The third-order valence-electron chi connectivity index (χ3n) is 6.43. The van der Waals surface area contributed by atoms with E-state index in [0.29, 0.717) is 23.7 Å². The zero-order valence-electron chi connectivity index (χ0n) is 22.9. The number of hydrogen-bond donors (Lipinski definition) is 0. The lowest BCUT2D eigenvalue weighted by Gasteiger charge is -2.12. The molecule has 1 heterocycles. The van der Waals surface area contributed by atoms with Crippen LogP contribution in [0.25, 0.3) is 11.4 Å². The van der Waals surface area contributed by atoms with E-state index in [1.807, 2.05) is 24.5 Å². The van der Waals surface area contributed by atoms with Crippen LogP contribution in [0.2, 0.25) is 0 Å². The van der Waals surface area contributed by atoms with E-state index in [4.69, 9.17) is 9.47 Å². The zero-order valence-corrected chi connectivity index (χ0v) is 22.9. The highest BCUT2D eigenvalue weighted by Gasteiger charge is 2.19. The monoisotopic (exact) mass is 524 g/mol. The molecular formula is C32H36N4O3. The third kappa shape index (κ3) is 8.65. The molecule has 0 atom stereocenters. The number of unbranched alkanes of at least 4 members (excludes halogenated alkanes) is 7. The molecule has 1 aromatic heterocycles. The minimum absolute atomic E-state index is 0.0172. The van der Waals surface area contributed by atoms with Gasteiger partial charge in [0.25, 0.3) is 0 Å². The van der Waals surface area contributed by atoms with Crippen LogP contribution >= 0.6 is 0 Å². The van der Waals surface area contributed by atoms with E-state index in [9.17, 15) is 15.3 Å². The van der Waals surface area contributed by atoms with Crippen LogP contribution in [0.1, 0.15) is 98.7 Å². The Morgan fingerprint density at radius 1 is 0.769 bits per heavy atom. The number of aryl methyl sites for hydroxylation is 1. The summed E-state index contributed by atoms with van der Waals surface area (Å²) in [4.78, 5) is 21.6. The molecule has 0 amide bonds. The van der Waals surface area contributed by atoms with Gasteiger partial charge in [0.1, 0.15) is 29.0 Å². The first-order valence-electron chi connectivity index (χ1n) is 13.8. The van der Waals surface area contributed by atoms with Crippen molar-refractivity contribution >= 4 is 5.97 Å². The van der Waals surface area contributed by atoms with Gasteiger partial charge in [0.2, 0.25) is 0 Å². The summed E-state index contributed by atoms with van der Waals surface area (Å²) in [6.07, 6.45) is 15.0. The molecule has 0 N–H and O–H groups in total. The molecule has 0 saturated heterocycles. The van der Waals surface area contributed by atoms with Gasteiger partial charge < -0.3 is 9.47 Å². The molecule has 0 aliphatic heterocycles. The molecule has 0 bridgehead atoms. The number of rotatable bonds is 15. The second-order valence-corrected chi connectivity index (χ2v) is 9.49. The Morgan fingerprint density at radius 3 is 1.97 bits per heavy atom. The smallest absolute Gasteiger partial charge is 0.343 e. The average Bonchev–Trinajstić information content (AvgIpc) is 2.97. The fraction of sp³-hybridized carbons (Fsp3) is 0.406. The first kappa shape index (κ1) is 29.3. The SMILES string of the molecule is CCCCCCCCCCOc1ccc(OC(=O)c2ccc(-c3ncc(CCC)cn3)cc2)c(C#N)c1C#N. The van der Waals surface area contributed by atoms with Crippen LogP contribution in [0.5, 0.6) is 11.5 Å². The fourth-order valence-corrected chi connectivity index (χ4v) is 4.25. The minimum atomic E-state index is -0.631. The molecule has 3 aromatic rings. The van der Waals surface area contributed by atoms with Crippen LogP contribution in [-0.2, 0) is 6.42 Å². The van der Waals surface area contributed by atoms with Gasteiger partial charge in [-0.05, 0) is 42.7 Å². The summed E-state index contributed by atoms with van der Waals surface area (Å²) in [6, 6.07) is 13.9. The van der Waals surface area contributed by atoms with Crippen molar-refractivity contribution in [3.05, 3.63) is 71.0 Å². The van der Waals surface area contributed by atoms with Crippen LogP contribution in [0, 0.1) is 22.7 Å². The summed E-state index contributed by atoms with van der Waals surface area (Å²) in [5.74, 6) is 0.292. The van der Waals surface area contributed by atoms with E-state index >= 15 is 0 Å². The van der Waals surface area contributed by atoms with Crippen molar-refractivity contribution in [2.45, 2.75) is 78.1 Å². The quantitative estimate of drug-likeness (QED) is 0.114. The molecule has 0 spiro atoms. The fourth-order valence-electron chi connectivity index (χ4n) is 4.25. The van der Waals surface area contributed by atoms with Crippen molar-refractivity contribution in [3.8, 4) is 35.0 Å². The molecule has 0 saturated carbocycles. The number of benzene rings is 2. The van der Waals surface area contributed by atoms with Gasteiger partial charge in [-0.15, -0.1) is 0 Å². The summed E-state index contributed by atoms with van der Waals surface area (Å²) in [5, 5.41) is 19.4. The van der Waals surface area contributed by atoms with Crippen molar-refractivity contribution in [2.75, 3.05) is 6.61 Å². The first-order valence-corrected chi connectivity index (χ1v) is 13.8. The topological polar surface area (TPSA) is 109 Å². The molecule has 0 fully saturated rings. The Balaban J connectivity index is 1.59. The third-order valence-corrected chi connectivity index (χ3v) is 6.43. The van der Waals surface area contributed by atoms with Gasteiger partial charge in [-0.1, -0.05) is 77.3 Å². The highest BCUT2D eigenvalue weighted by Crippen LogP contribution is 2.30. The van der Waals surface area contributed by atoms with Crippen LogP contribution in [0.15, 0.2) is 48.8 Å². The maximum Gasteiger partial charge on any atom is 0.343 e. The van der Waals surface area contributed by atoms with Crippen LogP contribution in [0.3, 0.4) is 0 Å². The summed E-state index contributed by atoms with van der Waals surface area (Å²) in [7, 11) is 0. The van der Waals surface area contributed by atoms with E-state index in [1.165, 1.54) is 38.2 Å². The number of esters is 1. The number of carbonyl (C=O) groups excluding carboxylic acids is 1. The standard InChI is InChI=1S/C32H36N4O3/c1-3-5-6-7-8-9-10-11-19-38-29-17-18-30(28(21-34)27(29)20-33)39-32(37)26-15-13-25(14-16-26)31-35-22-24(12-4-2)23-36-31/h13-18,22-23H,3-12,19H2,1-2H3. The lowest BCUT2D eigenvalue weighted by molar-refractivity contribution is 0.0734. The highest BCUT2D eigenvalue weighted by molar-refractivity contribution is 5.92. The van der Waals surface area contributed by atoms with Gasteiger partial charge in [0.15, 0.2) is 11.6 Å². The van der Waals surface area contributed by atoms with Crippen LogP contribution in [0.4, 0.5) is 0 Å². The largest absolute Gasteiger partial charge is 0.492 e. The Kier molecular flexibility index (Phi) is 12.0. The maximum absolute atomic E-state index is 12.8. The minimum Gasteiger partial charge on any atom is -0.492 e. The van der Waals surface area contributed by atoms with Gasteiger partial charge in [0, 0.05) is 18.0 Å². The van der Waals surface area contributed by atoms with Gasteiger partial charge in [-0.2, -0.15) is 10.5 Å². The molecule has 2 aromatic carbocycles. The summed E-state index contributed by atoms with van der Waals surface area (Å²) >= 11 is 0. The second-order valence-electron chi connectivity index (χ2n) is 9.49. The lowest BCUT2D eigenvalue weighted by atomic mass is 10.1. The van der Waals surface area contributed by atoms with Crippen molar-refractivity contribution in [1.29, 1.82) is 10.5 Å². The molecule has 0 unspecified atom stereocenters. The van der Waals surface area contributed by atoms with Crippen LogP contribution in [-0.4, -0.2) is 22.5 Å². The van der Waals surface area contributed by atoms with Crippen molar-refractivity contribution < 1.29 is 14.3 Å². The molecule has 7 nitrogen and oxygen atoms in total. The van der Waals surface area contributed by atoms with Crippen molar-refractivity contribution in [1.82, 2.24) is 9.97 Å². The van der Waals surface area contributed by atoms with E-state index in [0.717, 1.165) is 43.2 Å². The number of carbonyl (C=O) groups is 1. The molecule has 0 aliphatic rings. The predicted octanol–water partition coefficient (Wildman–Crippen LogP) is 7.58. The van der Waals surface area contributed by atoms with Crippen molar-refractivity contribution in [3.63, 3.8) is 0 Å². The normalized spacial score (nSPS) is 10.5. The molecule has 39 heavy (non-hydrogen) atoms. The maximum atomic E-state index is 12.8. The zero-order chi connectivity index (χ0) is 27.9. The first-order chi connectivity index (χ1) is 19.1. The highest BCUT2D eigenvalue weighted by atomic mass is 16.5. The second kappa shape index (κ2) is 15.9. The molecule has 7 heteroatoms. The van der Waals surface area contributed by atoms with Crippen molar-refractivity contribution in [2.24, 2.45) is 0 Å². The number of hydrogen-bond acceptors (Lipinski definition) is 7. The summed E-state index contributed by atoms with van der Waals surface area (Å²) < 4.78 is 11.3. The van der Waals surface area contributed by atoms with Gasteiger partial charge >= 0.3 is 5.97 Å². The van der Waals surface area contributed by atoms with E-state index in [1.54, 1.807) is 30.3 Å². The van der Waals surface area contributed by atoms with Crippen LogP contribution < -0.4 is 9.47 Å². The Bertz CT molecular complexity index is 1290. The van der Waals surface area contributed by atoms with Gasteiger partial charge in [-0.25, -0.2) is 14.8 Å². The molecule has 0 aliphatic carbocycles. The lowest BCUT2D eigenvalue weighted by Crippen LogP contribution is -2.10. The van der Waals surface area contributed by atoms with E-state index in [-0.39, 0.29) is 16.9 Å². The molecule has 202 valence electrons. The summed E-state index contributed by atoms with van der Waals surface area (Å²) in [6.45, 7) is 4.78. The molecule has 0 radical (unpaired) electrons. The number of ether oxygens (including phenoxy) is 2. The number of nitriles is 2. The Morgan fingerprint density at radius 2 is 1.36 bits per heavy atom. The van der Waals surface area contributed by atoms with Gasteiger partial charge in [-0.3, -0.25) is 0 Å². The van der Waals surface area contributed by atoms with E-state index < -0.39 is 5.97 Å². The van der Waals surface area contributed by atoms with Gasteiger partial charge in [0.05, 0.1) is 12.2 Å². The van der Waals surface area contributed by atoms with E-state index in [2.05, 4.69) is 23.8 Å². The summed E-state index contributed by atoms with van der Waals surface area (Å²) in [5.41, 5.74) is 2.21. The molecule has 3 rings (SSSR count). The number of nitrogens with zero attached hydrogens (tertiary/aromatic N) is 4.